The number of carbonyl (C=O) groups is 1. The summed E-state index contributed by atoms with van der Waals surface area (Å²) in [5, 5.41) is 2.86. The highest BCUT2D eigenvalue weighted by Gasteiger charge is 2.21. The first-order valence-corrected chi connectivity index (χ1v) is 13.0. The van der Waals surface area contributed by atoms with Gasteiger partial charge in [-0.05, 0) is 50.1 Å². The van der Waals surface area contributed by atoms with Crippen molar-refractivity contribution >= 4 is 21.6 Å². The molecule has 186 valence electrons. The van der Waals surface area contributed by atoms with Gasteiger partial charge in [-0.1, -0.05) is 6.07 Å². The molecule has 1 aliphatic heterocycles. The van der Waals surface area contributed by atoms with E-state index >= 15 is 0 Å². The molecular weight excluding hydrogens is 460 g/mol. The number of methoxy groups -OCH3 is 1. The number of fused-ring (bicyclic) bond motifs is 1. The second-order valence-corrected chi connectivity index (χ2v) is 10.1. The molecule has 0 bridgehead atoms. The van der Waals surface area contributed by atoms with E-state index in [-0.39, 0.29) is 25.0 Å². The van der Waals surface area contributed by atoms with Gasteiger partial charge in [0.15, 0.2) is 23.0 Å². The van der Waals surface area contributed by atoms with Gasteiger partial charge in [0.05, 0.1) is 25.2 Å². The molecule has 0 saturated carbocycles. The summed E-state index contributed by atoms with van der Waals surface area (Å²) in [7, 11) is -1.97. The van der Waals surface area contributed by atoms with Crippen LogP contribution in [0.25, 0.3) is 0 Å². The third kappa shape index (κ3) is 6.93. The Bertz CT molecular complexity index is 1100. The summed E-state index contributed by atoms with van der Waals surface area (Å²) < 4.78 is 48.2. The number of nitrogens with one attached hydrogen (secondary N) is 1. The first-order valence-electron chi connectivity index (χ1n) is 11.1. The van der Waals surface area contributed by atoms with Crippen LogP contribution < -0.4 is 28.6 Å². The van der Waals surface area contributed by atoms with Gasteiger partial charge in [-0.3, -0.25) is 9.10 Å². The third-order valence-electron chi connectivity index (χ3n) is 5.06. The maximum atomic E-state index is 12.4. The fourth-order valence-electron chi connectivity index (χ4n) is 3.52. The van der Waals surface area contributed by atoms with Crippen LogP contribution in [0.4, 0.5) is 5.69 Å². The molecule has 0 fully saturated rings. The van der Waals surface area contributed by atoms with Gasteiger partial charge in [0.2, 0.25) is 15.9 Å². The lowest BCUT2D eigenvalue weighted by Crippen LogP contribution is -2.32. The van der Waals surface area contributed by atoms with Crippen LogP contribution in [0.15, 0.2) is 36.4 Å². The Morgan fingerprint density at radius 3 is 2.50 bits per heavy atom. The zero-order valence-electron chi connectivity index (χ0n) is 20.0. The average molecular weight is 493 g/mol. The van der Waals surface area contributed by atoms with E-state index in [1.54, 1.807) is 25.3 Å². The summed E-state index contributed by atoms with van der Waals surface area (Å²) in [6.45, 7) is 5.24. The molecule has 2 aromatic carbocycles. The summed E-state index contributed by atoms with van der Waals surface area (Å²) >= 11 is 0. The highest BCUT2D eigenvalue weighted by molar-refractivity contribution is 7.92. The van der Waals surface area contributed by atoms with Gasteiger partial charge in [-0.25, -0.2) is 8.42 Å². The second-order valence-electron chi connectivity index (χ2n) is 8.20. The van der Waals surface area contributed by atoms with Gasteiger partial charge in [0.25, 0.3) is 0 Å². The molecule has 10 heteroatoms. The zero-order valence-corrected chi connectivity index (χ0v) is 20.8. The smallest absolute Gasteiger partial charge is 0.232 e. The van der Waals surface area contributed by atoms with Gasteiger partial charge in [0, 0.05) is 25.6 Å². The minimum Gasteiger partial charge on any atom is -0.493 e. The standard InChI is InChI=1S/C24H32N2O7S/c1-17(2)33-21-9-7-18(14-22(21)30-3)16-25-24(27)6-5-11-26(34(4,28)29)19-8-10-20-23(15-19)32-13-12-31-20/h7-10,14-15,17H,5-6,11-13,16H2,1-4H3,(H,25,27). The highest BCUT2D eigenvalue weighted by atomic mass is 32.2. The Morgan fingerprint density at radius 2 is 1.82 bits per heavy atom. The van der Waals surface area contributed by atoms with Gasteiger partial charge in [0.1, 0.15) is 13.2 Å². The first kappa shape index (κ1) is 25.5. The number of anilines is 1. The molecule has 34 heavy (non-hydrogen) atoms. The van der Waals surface area contributed by atoms with Crippen LogP contribution in [0.2, 0.25) is 0 Å². The number of carbonyl (C=O) groups excluding carboxylic acids is 1. The normalized spacial score (nSPS) is 12.9. The van der Waals surface area contributed by atoms with E-state index in [2.05, 4.69) is 5.32 Å². The van der Waals surface area contributed by atoms with Gasteiger partial charge < -0.3 is 24.3 Å². The predicted octanol–water partition coefficient (Wildman–Crippen LogP) is 3.12. The van der Waals surface area contributed by atoms with E-state index in [1.165, 1.54) is 4.31 Å². The summed E-state index contributed by atoms with van der Waals surface area (Å²) in [5.74, 6) is 2.17. The quantitative estimate of drug-likeness (QED) is 0.514. The molecule has 0 saturated heterocycles. The van der Waals surface area contributed by atoms with Crippen LogP contribution >= 0.6 is 0 Å². The number of rotatable bonds is 11. The van der Waals surface area contributed by atoms with Crippen molar-refractivity contribution < 1.29 is 32.2 Å². The van der Waals surface area contributed by atoms with Crippen LogP contribution in [0.5, 0.6) is 23.0 Å². The highest BCUT2D eigenvalue weighted by Crippen LogP contribution is 2.35. The molecule has 0 spiro atoms. The Morgan fingerprint density at radius 1 is 1.09 bits per heavy atom. The van der Waals surface area contributed by atoms with Crippen molar-refractivity contribution in [3.63, 3.8) is 0 Å². The molecule has 1 aliphatic rings. The van der Waals surface area contributed by atoms with E-state index in [1.807, 2.05) is 32.0 Å². The zero-order chi connectivity index (χ0) is 24.7. The molecule has 1 N–H and O–H groups in total. The first-order chi connectivity index (χ1) is 16.2. The van der Waals surface area contributed by atoms with Gasteiger partial charge in [-0.2, -0.15) is 0 Å². The minimum absolute atomic E-state index is 0.0214. The predicted molar refractivity (Wildman–Crippen MR) is 129 cm³/mol. The third-order valence-corrected chi connectivity index (χ3v) is 6.25. The van der Waals surface area contributed by atoms with Crippen molar-refractivity contribution in [1.29, 1.82) is 0 Å². The number of hydrogen-bond acceptors (Lipinski definition) is 7. The van der Waals surface area contributed by atoms with Crippen molar-refractivity contribution in [2.75, 3.05) is 37.4 Å². The monoisotopic (exact) mass is 492 g/mol. The molecule has 0 radical (unpaired) electrons. The van der Waals surface area contributed by atoms with Crippen LogP contribution in [0.1, 0.15) is 32.3 Å². The molecule has 2 aromatic rings. The fourth-order valence-corrected chi connectivity index (χ4v) is 4.48. The van der Waals surface area contributed by atoms with Crippen molar-refractivity contribution in [3.8, 4) is 23.0 Å². The average Bonchev–Trinajstić information content (AvgIpc) is 2.79. The SMILES string of the molecule is COc1cc(CNC(=O)CCCN(c2ccc3c(c2)OCCO3)S(C)(=O)=O)ccc1OC(C)C. The molecule has 1 amide bonds. The molecule has 3 rings (SSSR count). The van der Waals surface area contributed by atoms with Crippen molar-refractivity contribution in [2.45, 2.75) is 39.3 Å². The van der Waals surface area contributed by atoms with Crippen LogP contribution in [0.3, 0.4) is 0 Å². The Hall–Kier alpha value is -3.14. The number of hydrogen-bond donors (Lipinski definition) is 1. The van der Waals surface area contributed by atoms with E-state index < -0.39 is 10.0 Å². The topological polar surface area (TPSA) is 103 Å². The van der Waals surface area contributed by atoms with E-state index in [0.29, 0.717) is 54.9 Å². The number of nitrogens with zero attached hydrogens (tertiary/aromatic N) is 1. The second kappa shape index (κ2) is 11.3. The van der Waals surface area contributed by atoms with Crippen LogP contribution in [0, 0.1) is 0 Å². The molecule has 1 heterocycles. The largest absolute Gasteiger partial charge is 0.493 e. The molecule has 0 aliphatic carbocycles. The van der Waals surface area contributed by atoms with Crippen LogP contribution in [-0.2, 0) is 21.4 Å². The Labute approximate surface area is 201 Å². The number of sulfonamides is 1. The van der Waals surface area contributed by atoms with E-state index in [9.17, 15) is 13.2 Å². The summed E-state index contributed by atoms with van der Waals surface area (Å²) in [4.78, 5) is 12.4. The van der Waals surface area contributed by atoms with Crippen molar-refractivity contribution in [2.24, 2.45) is 0 Å². The molecular formula is C24H32N2O7S. The summed E-state index contributed by atoms with van der Waals surface area (Å²) in [6.07, 6.45) is 1.71. The van der Waals surface area contributed by atoms with Gasteiger partial charge >= 0.3 is 0 Å². The number of ether oxygens (including phenoxy) is 4. The summed E-state index contributed by atoms with van der Waals surface area (Å²) in [6, 6.07) is 10.5. The maximum absolute atomic E-state index is 12.4. The molecule has 0 atom stereocenters. The Kier molecular flexibility index (Phi) is 8.49. The van der Waals surface area contributed by atoms with E-state index in [0.717, 1.165) is 11.8 Å². The number of amides is 1. The van der Waals surface area contributed by atoms with E-state index in [4.69, 9.17) is 18.9 Å². The van der Waals surface area contributed by atoms with Crippen LogP contribution in [-0.4, -0.2) is 53.6 Å². The lowest BCUT2D eigenvalue weighted by atomic mass is 10.2. The number of benzene rings is 2. The lowest BCUT2D eigenvalue weighted by molar-refractivity contribution is -0.121. The lowest BCUT2D eigenvalue weighted by Gasteiger charge is -2.25. The van der Waals surface area contributed by atoms with Gasteiger partial charge in [-0.15, -0.1) is 0 Å². The maximum Gasteiger partial charge on any atom is 0.232 e. The fraction of sp³-hybridized carbons (Fsp3) is 0.458. The van der Waals surface area contributed by atoms with Crippen molar-refractivity contribution in [3.05, 3.63) is 42.0 Å². The van der Waals surface area contributed by atoms with Crippen molar-refractivity contribution in [1.82, 2.24) is 5.32 Å². The Balaban J connectivity index is 1.54. The minimum atomic E-state index is -3.54. The molecule has 0 aromatic heterocycles. The molecule has 0 unspecified atom stereocenters. The molecule has 9 nitrogen and oxygen atoms in total. The summed E-state index contributed by atoms with van der Waals surface area (Å²) in [5.41, 5.74) is 1.35.